The molecule has 1 saturated heterocycles. The number of nitrogens with two attached hydrogens (primary N) is 1. The summed E-state index contributed by atoms with van der Waals surface area (Å²) in [6.45, 7) is 3.43. The van der Waals surface area contributed by atoms with Crippen molar-refractivity contribution in [3.8, 4) is 0 Å². The van der Waals surface area contributed by atoms with E-state index in [2.05, 4.69) is 44.8 Å². The standard InChI is InChI=1S/C21H33N5O.HI/c1-23-21(25-19-9-2-3-10-19)24-13-16-6-4-7-17(12-16)14-26-11-5-8-18(15-26)20(22)27;/h4,6-7,12,18-19H,2-3,5,8-11,13-15H2,1H3,(H2,22,27)(H2,23,24,25);1H. The van der Waals surface area contributed by atoms with Gasteiger partial charge in [0.15, 0.2) is 5.96 Å². The molecule has 156 valence electrons. The highest BCUT2D eigenvalue weighted by atomic mass is 127. The lowest BCUT2D eigenvalue weighted by Gasteiger charge is -2.31. The molecule has 0 radical (unpaired) electrons. The summed E-state index contributed by atoms with van der Waals surface area (Å²) in [6.07, 6.45) is 7.05. The number of primary amides is 1. The molecule has 0 bridgehead atoms. The van der Waals surface area contributed by atoms with E-state index in [1.165, 1.54) is 36.8 Å². The number of hydrogen-bond donors (Lipinski definition) is 3. The minimum Gasteiger partial charge on any atom is -0.369 e. The summed E-state index contributed by atoms with van der Waals surface area (Å²) >= 11 is 0. The molecule has 1 saturated carbocycles. The van der Waals surface area contributed by atoms with Crippen LogP contribution in [0.5, 0.6) is 0 Å². The molecule has 7 heteroatoms. The summed E-state index contributed by atoms with van der Waals surface area (Å²) in [6, 6.07) is 9.20. The van der Waals surface area contributed by atoms with Crippen LogP contribution in [0.3, 0.4) is 0 Å². The highest BCUT2D eigenvalue weighted by Gasteiger charge is 2.23. The minimum absolute atomic E-state index is 0. The first-order chi connectivity index (χ1) is 13.1. The number of nitrogens with one attached hydrogen (secondary N) is 2. The molecular weight excluding hydrogens is 465 g/mol. The van der Waals surface area contributed by atoms with Crippen LogP contribution in [0.15, 0.2) is 29.3 Å². The van der Waals surface area contributed by atoms with Gasteiger partial charge >= 0.3 is 0 Å². The predicted octanol–water partition coefficient (Wildman–Crippen LogP) is 2.61. The van der Waals surface area contributed by atoms with Crippen LogP contribution in [-0.2, 0) is 17.9 Å². The number of carbonyl (C=O) groups is 1. The van der Waals surface area contributed by atoms with Crippen molar-refractivity contribution in [2.75, 3.05) is 20.1 Å². The Balaban J connectivity index is 0.00000280. The fourth-order valence-electron chi connectivity index (χ4n) is 4.17. The Morgan fingerprint density at radius 3 is 2.68 bits per heavy atom. The molecule has 0 aromatic heterocycles. The van der Waals surface area contributed by atoms with Crippen molar-refractivity contribution < 1.29 is 4.79 Å². The zero-order valence-corrected chi connectivity index (χ0v) is 19.2. The van der Waals surface area contributed by atoms with Gasteiger partial charge in [0, 0.05) is 32.7 Å². The summed E-state index contributed by atoms with van der Waals surface area (Å²) in [5, 5.41) is 6.95. The largest absolute Gasteiger partial charge is 0.369 e. The maximum Gasteiger partial charge on any atom is 0.221 e. The van der Waals surface area contributed by atoms with E-state index >= 15 is 0 Å². The fraction of sp³-hybridized carbons (Fsp3) is 0.619. The lowest BCUT2D eigenvalue weighted by Crippen LogP contribution is -2.42. The quantitative estimate of drug-likeness (QED) is 0.319. The third-order valence-electron chi connectivity index (χ3n) is 5.69. The molecule has 1 aromatic rings. The maximum absolute atomic E-state index is 11.5. The highest BCUT2D eigenvalue weighted by Crippen LogP contribution is 2.19. The first-order valence-electron chi connectivity index (χ1n) is 10.2. The SMILES string of the molecule is CN=C(NCc1cccc(CN2CCCC(C(N)=O)C2)c1)NC1CCCC1.I. The van der Waals surface area contributed by atoms with Gasteiger partial charge in [-0.3, -0.25) is 14.7 Å². The maximum atomic E-state index is 11.5. The van der Waals surface area contributed by atoms with E-state index in [0.717, 1.165) is 45.0 Å². The van der Waals surface area contributed by atoms with Gasteiger partial charge in [0.1, 0.15) is 0 Å². The van der Waals surface area contributed by atoms with Gasteiger partial charge in [0.25, 0.3) is 0 Å². The Kier molecular flexibility index (Phi) is 9.50. The van der Waals surface area contributed by atoms with Crippen molar-refractivity contribution in [3.63, 3.8) is 0 Å². The highest BCUT2D eigenvalue weighted by molar-refractivity contribution is 14.0. The van der Waals surface area contributed by atoms with E-state index < -0.39 is 0 Å². The number of hydrogen-bond acceptors (Lipinski definition) is 3. The zero-order chi connectivity index (χ0) is 19.1. The fourth-order valence-corrected chi connectivity index (χ4v) is 4.17. The lowest BCUT2D eigenvalue weighted by atomic mass is 9.97. The van der Waals surface area contributed by atoms with Gasteiger partial charge in [-0.25, -0.2) is 0 Å². The summed E-state index contributed by atoms with van der Waals surface area (Å²) in [5.41, 5.74) is 8.01. The average molecular weight is 499 g/mol. The number of nitrogens with zero attached hydrogens (tertiary/aromatic N) is 2. The van der Waals surface area contributed by atoms with Gasteiger partial charge < -0.3 is 16.4 Å². The molecule has 1 unspecified atom stereocenters. The van der Waals surface area contributed by atoms with Gasteiger partial charge in [-0.1, -0.05) is 37.1 Å². The molecule has 1 heterocycles. The Morgan fingerprint density at radius 1 is 1.21 bits per heavy atom. The van der Waals surface area contributed by atoms with Crippen LogP contribution in [0.1, 0.15) is 49.7 Å². The Morgan fingerprint density at radius 2 is 1.96 bits per heavy atom. The number of benzene rings is 1. The van der Waals surface area contributed by atoms with Crippen molar-refractivity contribution in [2.24, 2.45) is 16.6 Å². The first kappa shape index (κ1) is 22.9. The van der Waals surface area contributed by atoms with E-state index in [-0.39, 0.29) is 35.8 Å². The van der Waals surface area contributed by atoms with Crippen LogP contribution in [0.25, 0.3) is 0 Å². The van der Waals surface area contributed by atoms with Crippen LogP contribution < -0.4 is 16.4 Å². The number of amides is 1. The first-order valence-corrected chi connectivity index (χ1v) is 10.2. The zero-order valence-electron chi connectivity index (χ0n) is 16.8. The summed E-state index contributed by atoms with van der Waals surface area (Å²) in [7, 11) is 1.83. The van der Waals surface area contributed by atoms with Gasteiger partial charge in [-0.15, -0.1) is 24.0 Å². The number of halogens is 1. The molecule has 1 aliphatic carbocycles. The number of piperidine rings is 1. The molecule has 4 N–H and O–H groups in total. The Hall–Kier alpha value is -1.35. The Labute approximate surface area is 185 Å². The summed E-state index contributed by atoms with van der Waals surface area (Å²) in [5.74, 6) is 0.708. The molecule has 3 rings (SSSR count). The van der Waals surface area contributed by atoms with E-state index in [4.69, 9.17) is 5.73 Å². The third-order valence-corrected chi connectivity index (χ3v) is 5.69. The molecule has 1 aliphatic heterocycles. The van der Waals surface area contributed by atoms with Gasteiger partial charge in [-0.2, -0.15) is 0 Å². The van der Waals surface area contributed by atoms with Crippen molar-refractivity contribution in [1.82, 2.24) is 15.5 Å². The van der Waals surface area contributed by atoms with Crippen molar-refractivity contribution >= 4 is 35.8 Å². The van der Waals surface area contributed by atoms with Gasteiger partial charge in [0.2, 0.25) is 5.91 Å². The van der Waals surface area contributed by atoms with Crippen LogP contribution in [-0.4, -0.2) is 42.9 Å². The molecular formula is C21H34IN5O. The van der Waals surface area contributed by atoms with E-state index in [1.807, 2.05) is 7.05 Å². The second-order valence-electron chi connectivity index (χ2n) is 7.85. The van der Waals surface area contributed by atoms with Crippen molar-refractivity contribution in [3.05, 3.63) is 35.4 Å². The molecule has 28 heavy (non-hydrogen) atoms. The van der Waals surface area contributed by atoms with E-state index in [1.54, 1.807) is 0 Å². The van der Waals surface area contributed by atoms with E-state index in [9.17, 15) is 4.79 Å². The lowest BCUT2D eigenvalue weighted by molar-refractivity contribution is -0.123. The number of aliphatic imine (C=N–C) groups is 1. The second kappa shape index (κ2) is 11.6. The van der Waals surface area contributed by atoms with Crippen molar-refractivity contribution in [1.29, 1.82) is 0 Å². The normalized spacial score (nSPS) is 21.2. The molecule has 0 spiro atoms. The number of likely N-dealkylation sites (tertiary alicyclic amines) is 1. The third kappa shape index (κ3) is 6.92. The molecule has 1 aromatic carbocycles. The Bertz CT molecular complexity index is 660. The smallest absolute Gasteiger partial charge is 0.221 e. The predicted molar refractivity (Wildman–Crippen MR) is 125 cm³/mol. The molecule has 1 amide bonds. The monoisotopic (exact) mass is 499 g/mol. The van der Waals surface area contributed by atoms with Crippen LogP contribution in [0, 0.1) is 5.92 Å². The molecule has 2 aliphatic rings. The number of rotatable bonds is 6. The second-order valence-corrected chi connectivity index (χ2v) is 7.85. The van der Waals surface area contributed by atoms with Crippen LogP contribution in [0.2, 0.25) is 0 Å². The van der Waals surface area contributed by atoms with Crippen molar-refractivity contribution in [2.45, 2.75) is 57.7 Å². The van der Waals surface area contributed by atoms with Gasteiger partial charge in [-0.05, 0) is 43.4 Å². The average Bonchev–Trinajstić information content (AvgIpc) is 3.19. The summed E-state index contributed by atoms with van der Waals surface area (Å²) < 4.78 is 0. The molecule has 1 atom stereocenters. The summed E-state index contributed by atoms with van der Waals surface area (Å²) in [4.78, 5) is 18.2. The van der Waals surface area contributed by atoms with Crippen LogP contribution >= 0.6 is 24.0 Å². The number of carbonyl (C=O) groups excluding carboxylic acids is 1. The number of guanidine groups is 1. The van der Waals surface area contributed by atoms with Crippen LogP contribution in [0.4, 0.5) is 0 Å². The molecule has 6 nitrogen and oxygen atoms in total. The molecule has 2 fully saturated rings. The van der Waals surface area contributed by atoms with Gasteiger partial charge in [0.05, 0.1) is 5.92 Å². The topological polar surface area (TPSA) is 82.8 Å². The van der Waals surface area contributed by atoms with E-state index in [0.29, 0.717) is 6.04 Å². The minimum atomic E-state index is -0.168.